The van der Waals surface area contributed by atoms with Crippen LogP contribution in [-0.4, -0.2) is 25.0 Å². The maximum absolute atomic E-state index is 11.9. The molecule has 0 aromatic heterocycles. The van der Waals surface area contributed by atoms with Crippen LogP contribution in [0.15, 0.2) is 30.3 Å². The molecule has 4 nitrogen and oxygen atoms in total. The standard InChI is InChI=1S/C19H25NO3/c21-18(20-9-8-14-4-2-1-3-5-14)13-23-19(22)12-17-11-15-6-7-16(17)10-15/h1-5,15-17H,6-13H2,(H,20,21)/t15-,16-,17+/m1/s1. The van der Waals surface area contributed by atoms with Gasteiger partial charge in [-0.05, 0) is 49.0 Å². The third-order valence-electron chi connectivity index (χ3n) is 5.26. The summed E-state index contributed by atoms with van der Waals surface area (Å²) >= 11 is 0. The van der Waals surface area contributed by atoms with Gasteiger partial charge in [0.1, 0.15) is 0 Å². The Morgan fingerprint density at radius 3 is 2.65 bits per heavy atom. The molecule has 0 unspecified atom stereocenters. The molecule has 23 heavy (non-hydrogen) atoms. The summed E-state index contributed by atoms with van der Waals surface area (Å²) in [5, 5.41) is 2.79. The van der Waals surface area contributed by atoms with E-state index in [2.05, 4.69) is 5.32 Å². The highest BCUT2D eigenvalue weighted by Crippen LogP contribution is 2.49. The van der Waals surface area contributed by atoms with Crippen molar-refractivity contribution in [2.45, 2.75) is 38.5 Å². The Balaban J connectivity index is 1.29. The molecule has 1 amide bonds. The summed E-state index contributed by atoms with van der Waals surface area (Å²) in [5.41, 5.74) is 1.18. The van der Waals surface area contributed by atoms with Gasteiger partial charge in [0.05, 0.1) is 0 Å². The number of amides is 1. The van der Waals surface area contributed by atoms with E-state index in [0.29, 0.717) is 24.8 Å². The van der Waals surface area contributed by atoms with Gasteiger partial charge in [-0.25, -0.2) is 0 Å². The van der Waals surface area contributed by atoms with E-state index in [0.717, 1.165) is 12.3 Å². The van der Waals surface area contributed by atoms with Gasteiger partial charge in [-0.3, -0.25) is 9.59 Å². The van der Waals surface area contributed by atoms with Crippen LogP contribution in [0.2, 0.25) is 0 Å². The van der Waals surface area contributed by atoms with Crippen LogP contribution < -0.4 is 5.32 Å². The molecule has 124 valence electrons. The molecule has 2 bridgehead atoms. The van der Waals surface area contributed by atoms with E-state index in [4.69, 9.17) is 4.74 Å². The monoisotopic (exact) mass is 315 g/mol. The smallest absolute Gasteiger partial charge is 0.306 e. The zero-order valence-corrected chi connectivity index (χ0v) is 13.5. The number of hydrogen-bond donors (Lipinski definition) is 1. The lowest BCUT2D eigenvalue weighted by Crippen LogP contribution is -2.31. The van der Waals surface area contributed by atoms with Gasteiger partial charge in [0.2, 0.25) is 0 Å². The van der Waals surface area contributed by atoms with Crippen molar-refractivity contribution in [1.29, 1.82) is 0 Å². The van der Waals surface area contributed by atoms with Gasteiger partial charge in [-0.2, -0.15) is 0 Å². The third-order valence-corrected chi connectivity index (χ3v) is 5.26. The summed E-state index contributed by atoms with van der Waals surface area (Å²) in [6.07, 6.45) is 6.33. The summed E-state index contributed by atoms with van der Waals surface area (Å²) in [5.74, 6) is 1.59. The van der Waals surface area contributed by atoms with Crippen LogP contribution >= 0.6 is 0 Å². The van der Waals surface area contributed by atoms with Gasteiger partial charge < -0.3 is 10.1 Å². The highest BCUT2D eigenvalue weighted by atomic mass is 16.5. The van der Waals surface area contributed by atoms with Crippen molar-refractivity contribution >= 4 is 11.9 Å². The molecule has 1 aromatic carbocycles. The fraction of sp³-hybridized carbons (Fsp3) is 0.579. The number of esters is 1. The van der Waals surface area contributed by atoms with Gasteiger partial charge in [-0.1, -0.05) is 36.8 Å². The zero-order chi connectivity index (χ0) is 16.1. The van der Waals surface area contributed by atoms with Gasteiger partial charge in [0, 0.05) is 13.0 Å². The van der Waals surface area contributed by atoms with Crippen molar-refractivity contribution in [3.63, 3.8) is 0 Å². The Morgan fingerprint density at radius 1 is 1.13 bits per heavy atom. The number of benzene rings is 1. The van der Waals surface area contributed by atoms with Crippen LogP contribution in [0.4, 0.5) is 0 Å². The molecule has 0 heterocycles. The number of hydrogen-bond acceptors (Lipinski definition) is 3. The second kappa shape index (κ2) is 7.62. The minimum Gasteiger partial charge on any atom is -0.456 e. The zero-order valence-electron chi connectivity index (χ0n) is 13.5. The quantitative estimate of drug-likeness (QED) is 0.787. The summed E-state index contributed by atoms with van der Waals surface area (Å²) in [4.78, 5) is 23.6. The first-order valence-electron chi connectivity index (χ1n) is 8.67. The average molecular weight is 315 g/mol. The van der Waals surface area contributed by atoms with E-state index < -0.39 is 0 Å². The Morgan fingerprint density at radius 2 is 1.96 bits per heavy atom. The minimum atomic E-state index is -0.222. The molecule has 0 aliphatic heterocycles. The molecule has 2 fully saturated rings. The number of carbonyl (C=O) groups is 2. The normalized spacial score (nSPS) is 25.3. The molecule has 0 radical (unpaired) electrons. The minimum absolute atomic E-state index is 0.158. The molecule has 2 aliphatic rings. The molecule has 1 N–H and O–H groups in total. The number of rotatable bonds is 7. The summed E-state index contributed by atoms with van der Waals surface area (Å²) in [6.45, 7) is 0.404. The van der Waals surface area contributed by atoms with E-state index in [9.17, 15) is 9.59 Å². The molecule has 1 aromatic rings. The first-order valence-corrected chi connectivity index (χ1v) is 8.67. The molecule has 0 spiro atoms. The van der Waals surface area contributed by atoms with Crippen LogP contribution in [0.25, 0.3) is 0 Å². The van der Waals surface area contributed by atoms with Crippen LogP contribution in [0.5, 0.6) is 0 Å². The van der Waals surface area contributed by atoms with E-state index in [1.165, 1.54) is 31.2 Å². The van der Waals surface area contributed by atoms with E-state index in [1.54, 1.807) is 0 Å². The Kier molecular flexibility index (Phi) is 5.31. The maximum Gasteiger partial charge on any atom is 0.306 e. The van der Waals surface area contributed by atoms with E-state index >= 15 is 0 Å². The number of fused-ring (bicyclic) bond motifs is 2. The molecule has 2 saturated carbocycles. The van der Waals surface area contributed by atoms with Crippen LogP contribution in [-0.2, 0) is 20.7 Å². The van der Waals surface area contributed by atoms with Crippen molar-refractivity contribution in [3.8, 4) is 0 Å². The molecular formula is C19H25NO3. The second-order valence-corrected chi connectivity index (χ2v) is 6.89. The molecule has 4 heteroatoms. The van der Waals surface area contributed by atoms with E-state index in [1.807, 2.05) is 30.3 Å². The van der Waals surface area contributed by atoms with E-state index in [-0.39, 0.29) is 18.5 Å². The van der Waals surface area contributed by atoms with Crippen LogP contribution in [0.3, 0.4) is 0 Å². The first-order chi connectivity index (χ1) is 11.2. The van der Waals surface area contributed by atoms with Gasteiger partial charge in [0.25, 0.3) is 5.91 Å². The second-order valence-electron chi connectivity index (χ2n) is 6.89. The fourth-order valence-corrected chi connectivity index (χ4v) is 4.09. The number of nitrogens with one attached hydrogen (secondary N) is 1. The SMILES string of the molecule is O=C(COC(=O)C[C@@H]1C[C@@H]2CC[C@@H]1C2)NCCc1ccccc1. The highest BCUT2D eigenvalue weighted by Gasteiger charge is 2.40. The van der Waals surface area contributed by atoms with Crippen molar-refractivity contribution in [2.75, 3.05) is 13.2 Å². The fourth-order valence-electron chi connectivity index (χ4n) is 4.09. The predicted molar refractivity (Wildman–Crippen MR) is 87.7 cm³/mol. The Labute approximate surface area is 137 Å². The lowest BCUT2D eigenvalue weighted by atomic mass is 9.86. The lowest BCUT2D eigenvalue weighted by molar-refractivity contribution is -0.149. The van der Waals surface area contributed by atoms with Crippen LogP contribution in [0, 0.1) is 17.8 Å². The van der Waals surface area contributed by atoms with Crippen molar-refractivity contribution in [3.05, 3.63) is 35.9 Å². The molecule has 3 atom stereocenters. The topological polar surface area (TPSA) is 55.4 Å². The number of carbonyl (C=O) groups excluding carboxylic acids is 2. The largest absolute Gasteiger partial charge is 0.456 e. The van der Waals surface area contributed by atoms with Crippen molar-refractivity contribution in [2.24, 2.45) is 17.8 Å². The van der Waals surface area contributed by atoms with Crippen molar-refractivity contribution < 1.29 is 14.3 Å². The van der Waals surface area contributed by atoms with Crippen molar-refractivity contribution in [1.82, 2.24) is 5.32 Å². The van der Waals surface area contributed by atoms with Crippen LogP contribution in [0.1, 0.15) is 37.7 Å². The maximum atomic E-state index is 11.9. The molecule has 0 saturated heterocycles. The molecule has 3 rings (SSSR count). The average Bonchev–Trinajstić information content (AvgIpc) is 3.17. The third kappa shape index (κ3) is 4.57. The Bertz CT molecular complexity index is 543. The Hall–Kier alpha value is -1.84. The van der Waals surface area contributed by atoms with Gasteiger partial charge in [-0.15, -0.1) is 0 Å². The van der Waals surface area contributed by atoms with Gasteiger partial charge >= 0.3 is 5.97 Å². The van der Waals surface area contributed by atoms with Gasteiger partial charge in [0.15, 0.2) is 6.61 Å². The first kappa shape index (κ1) is 16.0. The predicted octanol–water partition coefficient (Wildman–Crippen LogP) is 2.71. The number of ether oxygens (including phenoxy) is 1. The summed E-state index contributed by atoms with van der Waals surface area (Å²) in [7, 11) is 0. The highest BCUT2D eigenvalue weighted by molar-refractivity contribution is 5.80. The lowest BCUT2D eigenvalue weighted by Gasteiger charge is -2.20. The summed E-state index contributed by atoms with van der Waals surface area (Å²) in [6, 6.07) is 9.99. The molecule has 2 aliphatic carbocycles. The summed E-state index contributed by atoms with van der Waals surface area (Å²) < 4.78 is 5.13. The molecular weight excluding hydrogens is 290 g/mol.